The number of anilines is 1. The smallest absolute Gasteiger partial charge is 0.130 e. The van der Waals surface area contributed by atoms with Crippen LogP contribution in [0.2, 0.25) is 0 Å². The SMILES string of the molecule is Cc1cccc(N/C(C2=C/C(=C/C=N)NCC2)=C(\C=N)C(C)C)n1. The highest BCUT2D eigenvalue weighted by Crippen LogP contribution is 2.26. The van der Waals surface area contributed by atoms with Gasteiger partial charge in [-0.25, -0.2) is 4.98 Å². The number of hydrogen-bond donors (Lipinski definition) is 4. The Balaban J connectivity index is 2.49. The van der Waals surface area contributed by atoms with Gasteiger partial charge in [-0.15, -0.1) is 0 Å². The number of pyridine rings is 1. The Morgan fingerprint density at radius 1 is 1.33 bits per heavy atom. The quantitative estimate of drug-likeness (QED) is 0.601. The lowest BCUT2D eigenvalue weighted by Gasteiger charge is -2.24. The maximum absolute atomic E-state index is 7.84. The zero-order valence-electron chi connectivity index (χ0n) is 14.5. The van der Waals surface area contributed by atoms with Crippen LogP contribution in [0.3, 0.4) is 0 Å². The Labute approximate surface area is 143 Å². The summed E-state index contributed by atoms with van der Waals surface area (Å²) in [7, 11) is 0. The van der Waals surface area contributed by atoms with E-state index in [2.05, 4.69) is 29.5 Å². The molecule has 0 bridgehead atoms. The van der Waals surface area contributed by atoms with Crippen molar-refractivity contribution in [1.82, 2.24) is 10.3 Å². The fraction of sp³-hybridized carbons (Fsp3) is 0.316. The zero-order valence-corrected chi connectivity index (χ0v) is 14.5. The third-order valence-electron chi connectivity index (χ3n) is 3.84. The molecule has 1 aromatic heterocycles. The number of allylic oxidation sites excluding steroid dienone is 4. The van der Waals surface area contributed by atoms with Crippen molar-refractivity contribution in [2.24, 2.45) is 5.92 Å². The first-order valence-corrected chi connectivity index (χ1v) is 8.16. The maximum Gasteiger partial charge on any atom is 0.130 e. The normalized spacial score (nSPS) is 17.0. The van der Waals surface area contributed by atoms with Crippen LogP contribution in [0.15, 0.2) is 52.9 Å². The molecule has 1 aromatic rings. The summed E-state index contributed by atoms with van der Waals surface area (Å²) in [6.45, 7) is 6.94. The molecule has 126 valence electrons. The molecule has 4 N–H and O–H groups in total. The number of nitrogens with one attached hydrogen (secondary N) is 4. The molecule has 0 aliphatic carbocycles. The fourth-order valence-corrected chi connectivity index (χ4v) is 2.65. The average molecular weight is 323 g/mol. The van der Waals surface area contributed by atoms with Crippen molar-refractivity contribution >= 4 is 18.2 Å². The Morgan fingerprint density at radius 2 is 2.12 bits per heavy atom. The van der Waals surface area contributed by atoms with Crippen molar-refractivity contribution in [1.29, 1.82) is 10.8 Å². The van der Waals surface area contributed by atoms with E-state index in [9.17, 15) is 0 Å². The van der Waals surface area contributed by atoms with Gasteiger partial charge in [0, 0.05) is 36.1 Å². The number of nitrogens with zero attached hydrogens (tertiary/aromatic N) is 1. The molecule has 0 amide bonds. The van der Waals surface area contributed by atoms with Gasteiger partial charge in [0.2, 0.25) is 0 Å². The highest BCUT2D eigenvalue weighted by atomic mass is 15.0. The number of rotatable bonds is 6. The van der Waals surface area contributed by atoms with Gasteiger partial charge in [-0.1, -0.05) is 19.9 Å². The first-order valence-electron chi connectivity index (χ1n) is 8.16. The van der Waals surface area contributed by atoms with Crippen LogP contribution in [0.1, 0.15) is 26.0 Å². The molecule has 0 saturated heterocycles. The second-order valence-electron chi connectivity index (χ2n) is 6.05. The molecule has 2 rings (SSSR count). The molecule has 0 fully saturated rings. The molecule has 0 saturated carbocycles. The topological polar surface area (TPSA) is 84.7 Å². The predicted molar refractivity (Wildman–Crippen MR) is 101 cm³/mol. The summed E-state index contributed by atoms with van der Waals surface area (Å²) in [6.07, 6.45) is 7.33. The van der Waals surface area contributed by atoms with Crippen molar-refractivity contribution in [3.63, 3.8) is 0 Å². The Morgan fingerprint density at radius 3 is 2.75 bits per heavy atom. The molecular formula is C19H25N5. The van der Waals surface area contributed by atoms with E-state index in [1.807, 2.05) is 31.2 Å². The number of aromatic nitrogens is 1. The monoisotopic (exact) mass is 323 g/mol. The second-order valence-corrected chi connectivity index (χ2v) is 6.05. The third kappa shape index (κ3) is 4.41. The molecular weight excluding hydrogens is 298 g/mol. The van der Waals surface area contributed by atoms with Crippen LogP contribution in [0.5, 0.6) is 0 Å². The molecule has 5 heteroatoms. The summed E-state index contributed by atoms with van der Waals surface area (Å²) in [5.74, 6) is 1.00. The summed E-state index contributed by atoms with van der Waals surface area (Å²) in [5, 5.41) is 21.8. The summed E-state index contributed by atoms with van der Waals surface area (Å²) < 4.78 is 0. The highest BCUT2D eigenvalue weighted by molar-refractivity contribution is 5.81. The summed E-state index contributed by atoms with van der Waals surface area (Å²) in [6, 6.07) is 5.87. The van der Waals surface area contributed by atoms with Gasteiger partial charge in [0.25, 0.3) is 0 Å². The number of hydrogen-bond acceptors (Lipinski definition) is 5. The van der Waals surface area contributed by atoms with Crippen molar-refractivity contribution in [2.45, 2.75) is 27.2 Å². The van der Waals surface area contributed by atoms with E-state index in [0.29, 0.717) is 0 Å². The minimum absolute atomic E-state index is 0.223. The van der Waals surface area contributed by atoms with Gasteiger partial charge in [0.05, 0.1) is 0 Å². The van der Waals surface area contributed by atoms with Gasteiger partial charge in [-0.3, -0.25) is 0 Å². The average Bonchev–Trinajstić information content (AvgIpc) is 2.55. The largest absolute Gasteiger partial charge is 0.385 e. The van der Waals surface area contributed by atoms with Crippen LogP contribution in [0.4, 0.5) is 5.82 Å². The van der Waals surface area contributed by atoms with Gasteiger partial charge < -0.3 is 21.5 Å². The van der Waals surface area contributed by atoms with Gasteiger partial charge in [0.1, 0.15) is 5.82 Å². The summed E-state index contributed by atoms with van der Waals surface area (Å²) >= 11 is 0. The van der Waals surface area contributed by atoms with E-state index in [-0.39, 0.29) is 5.92 Å². The lowest BCUT2D eigenvalue weighted by Crippen LogP contribution is -2.22. The zero-order chi connectivity index (χ0) is 17.5. The minimum Gasteiger partial charge on any atom is -0.385 e. The molecule has 1 aliphatic rings. The Bertz CT molecular complexity index is 710. The molecule has 0 spiro atoms. The lowest BCUT2D eigenvalue weighted by atomic mass is 9.94. The van der Waals surface area contributed by atoms with Gasteiger partial charge in [0.15, 0.2) is 0 Å². The van der Waals surface area contributed by atoms with Gasteiger partial charge >= 0.3 is 0 Å². The first kappa shape index (κ1) is 17.7. The van der Waals surface area contributed by atoms with Gasteiger partial charge in [-0.05, 0) is 54.7 Å². The third-order valence-corrected chi connectivity index (χ3v) is 3.84. The Kier molecular flexibility index (Phi) is 6.07. The molecule has 0 unspecified atom stereocenters. The van der Waals surface area contributed by atoms with Crippen LogP contribution >= 0.6 is 0 Å². The van der Waals surface area contributed by atoms with Crippen LogP contribution in [0, 0.1) is 23.7 Å². The molecule has 2 heterocycles. The second kappa shape index (κ2) is 8.24. The van der Waals surface area contributed by atoms with Crippen LogP contribution in [0.25, 0.3) is 0 Å². The molecule has 0 atom stereocenters. The van der Waals surface area contributed by atoms with Crippen molar-refractivity contribution in [3.05, 3.63) is 58.6 Å². The highest BCUT2D eigenvalue weighted by Gasteiger charge is 2.17. The van der Waals surface area contributed by atoms with E-state index in [4.69, 9.17) is 10.8 Å². The number of aryl methyl sites for hydroxylation is 1. The van der Waals surface area contributed by atoms with E-state index >= 15 is 0 Å². The molecule has 0 aromatic carbocycles. The molecule has 24 heavy (non-hydrogen) atoms. The van der Waals surface area contributed by atoms with Crippen molar-refractivity contribution in [3.8, 4) is 0 Å². The summed E-state index contributed by atoms with van der Waals surface area (Å²) in [5.41, 5.74) is 4.87. The Hall–Kier alpha value is -2.69. The van der Waals surface area contributed by atoms with Crippen molar-refractivity contribution < 1.29 is 0 Å². The van der Waals surface area contributed by atoms with Crippen molar-refractivity contribution in [2.75, 3.05) is 11.9 Å². The predicted octanol–water partition coefficient (Wildman–Crippen LogP) is 3.81. The molecule has 1 aliphatic heterocycles. The maximum atomic E-state index is 7.84. The lowest BCUT2D eigenvalue weighted by molar-refractivity contribution is 0.756. The van der Waals surface area contributed by atoms with Crippen LogP contribution in [-0.4, -0.2) is 24.0 Å². The van der Waals surface area contributed by atoms with E-state index in [1.54, 1.807) is 6.08 Å². The van der Waals surface area contributed by atoms with E-state index < -0.39 is 0 Å². The standard InChI is InChI=1S/C19H25N5/c1-13(2)17(12-21)19(24-18-6-4-5-14(3)23-18)15-8-10-22-16(11-15)7-9-20/h4-7,9,11-13,20-22H,8,10H2,1-3H3,(H,23,24)/b16-7-,19-17+,20-9?,21-12?. The minimum atomic E-state index is 0.223. The summed E-state index contributed by atoms with van der Waals surface area (Å²) in [4.78, 5) is 4.53. The van der Waals surface area contributed by atoms with Crippen LogP contribution in [-0.2, 0) is 0 Å². The van der Waals surface area contributed by atoms with Crippen LogP contribution < -0.4 is 10.6 Å². The van der Waals surface area contributed by atoms with Gasteiger partial charge in [-0.2, -0.15) is 0 Å². The molecule has 0 radical (unpaired) electrons. The van der Waals surface area contributed by atoms with E-state index in [0.717, 1.165) is 47.0 Å². The van der Waals surface area contributed by atoms with E-state index in [1.165, 1.54) is 12.4 Å². The molecule has 5 nitrogen and oxygen atoms in total. The first-order chi connectivity index (χ1) is 11.5. The fourth-order valence-electron chi connectivity index (χ4n) is 2.65.